The molecule has 7 heteroatoms. The minimum Gasteiger partial charge on any atom is -0.340 e. The number of hydrogen-bond donors (Lipinski definition) is 1. The summed E-state index contributed by atoms with van der Waals surface area (Å²) in [5.41, 5.74) is 5.57. The van der Waals surface area contributed by atoms with E-state index >= 15 is 0 Å². The van der Waals surface area contributed by atoms with Crippen molar-refractivity contribution in [1.29, 1.82) is 0 Å². The highest BCUT2D eigenvalue weighted by Gasteiger charge is 2.30. The maximum absolute atomic E-state index is 12.6. The van der Waals surface area contributed by atoms with E-state index in [2.05, 4.69) is 0 Å². The molecule has 1 aromatic carbocycles. The van der Waals surface area contributed by atoms with Crippen LogP contribution in [-0.2, 0) is 17.5 Å². The van der Waals surface area contributed by atoms with Gasteiger partial charge in [0.1, 0.15) is 0 Å². The van der Waals surface area contributed by atoms with Crippen LogP contribution >= 0.6 is 12.4 Å². The van der Waals surface area contributed by atoms with Crippen molar-refractivity contribution in [2.24, 2.45) is 11.7 Å². The number of carbonyl (C=O) groups is 1. The standard InChI is InChI=1S/C15H21F3N2O.ClH/c1-4-10(2)13(19)14(21)20(3)9-11-6-5-7-12(8-11)15(16,17)18;/h5-8,10,13H,4,9,19H2,1-3H3;1H. The monoisotopic (exact) mass is 338 g/mol. The van der Waals surface area contributed by atoms with Gasteiger partial charge >= 0.3 is 6.18 Å². The molecule has 1 amide bonds. The Kier molecular flexibility index (Phi) is 7.90. The second-order valence-electron chi connectivity index (χ2n) is 5.30. The lowest BCUT2D eigenvalue weighted by Gasteiger charge is -2.25. The third-order valence-electron chi connectivity index (χ3n) is 3.59. The summed E-state index contributed by atoms with van der Waals surface area (Å²) in [5.74, 6) is -0.233. The van der Waals surface area contributed by atoms with E-state index in [1.165, 1.54) is 11.0 Å². The Morgan fingerprint density at radius 3 is 2.45 bits per heavy atom. The fraction of sp³-hybridized carbons (Fsp3) is 0.533. The van der Waals surface area contributed by atoms with Crippen molar-refractivity contribution in [3.05, 3.63) is 35.4 Å². The van der Waals surface area contributed by atoms with Gasteiger partial charge in [-0.15, -0.1) is 12.4 Å². The van der Waals surface area contributed by atoms with Crippen molar-refractivity contribution in [3.63, 3.8) is 0 Å². The quantitative estimate of drug-likeness (QED) is 0.893. The lowest BCUT2D eigenvalue weighted by Crippen LogP contribution is -2.45. The number of amides is 1. The molecule has 0 radical (unpaired) electrons. The molecule has 22 heavy (non-hydrogen) atoms. The van der Waals surface area contributed by atoms with Crippen molar-refractivity contribution < 1.29 is 18.0 Å². The molecule has 0 aliphatic carbocycles. The number of rotatable bonds is 5. The molecule has 2 unspecified atom stereocenters. The Morgan fingerprint density at radius 2 is 1.95 bits per heavy atom. The normalized spacial score (nSPS) is 14.0. The number of alkyl halides is 3. The lowest BCUT2D eigenvalue weighted by atomic mass is 9.99. The van der Waals surface area contributed by atoms with Crippen molar-refractivity contribution >= 4 is 18.3 Å². The summed E-state index contributed by atoms with van der Waals surface area (Å²) < 4.78 is 37.9. The first-order valence-electron chi connectivity index (χ1n) is 6.83. The highest BCUT2D eigenvalue weighted by Crippen LogP contribution is 2.29. The van der Waals surface area contributed by atoms with E-state index in [-0.39, 0.29) is 30.8 Å². The second kappa shape index (κ2) is 8.39. The van der Waals surface area contributed by atoms with Crippen LogP contribution in [0.4, 0.5) is 13.2 Å². The summed E-state index contributed by atoms with van der Waals surface area (Å²) in [6.45, 7) is 3.91. The molecule has 3 nitrogen and oxygen atoms in total. The van der Waals surface area contributed by atoms with Gasteiger partial charge in [0.2, 0.25) is 5.91 Å². The van der Waals surface area contributed by atoms with Gasteiger partial charge in [-0.05, 0) is 23.6 Å². The fourth-order valence-electron chi connectivity index (χ4n) is 1.95. The third kappa shape index (κ3) is 5.50. The minimum absolute atomic E-state index is 0. The third-order valence-corrected chi connectivity index (χ3v) is 3.59. The highest BCUT2D eigenvalue weighted by molar-refractivity contribution is 5.85. The number of halogens is 4. The largest absolute Gasteiger partial charge is 0.416 e. The van der Waals surface area contributed by atoms with Gasteiger partial charge in [-0.1, -0.05) is 32.4 Å². The fourth-order valence-corrected chi connectivity index (χ4v) is 1.95. The molecule has 1 rings (SSSR count). The number of benzene rings is 1. The molecule has 1 aromatic rings. The van der Waals surface area contributed by atoms with Gasteiger partial charge in [-0.2, -0.15) is 13.2 Å². The summed E-state index contributed by atoms with van der Waals surface area (Å²) in [7, 11) is 1.55. The Balaban J connectivity index is 0.00000441. The predicted molar refractivity (Wildman–Crippen MR) is 82.6 cm³/mol. The molecule has 0 bridgehead atoms. The van der Waals surface area contributed by atoms with Gasteiger partial charge in [-0.3, -0.25) is 4.79 Å². The average Bonchev–Trinajstić information content (AvgIpc) is 2.44. The Labute approximate surface area is 135 Å². The van der Waals surface area contributed by atoms with Gasteiger partial charge in [-0.25, -0.2) is 0 Å². The Morgan fingerprint density at radius 1 is 1.36 bits per heavy atom. The van der Waals surface area contributed by atoms with Crippen molar-refractivity contribution in [1.82, 2.24) is 4.90 Å². The summed E-state index contributed by atoms with van der Waals surface area (Å²) in [5, 5.41) is 0. The van der Waals surface area contributed by atoms with Crippen LogP contribution < -0.4 is 5.73 Å². The molecular formula is C15H22ClF3N2O. The summed E-state index contributed by atoms with van der Waals surface area (Å²) >= 11 is 0. The topological polar surface area (TPSA) is 46.3 Å². The molecule has 2 atom stereocenters. The molecule has 0 heterocycles. The second-order valence-corrected chi connectivity index (χ2v) is 5.30. The van der Waals surface area contributed by atoms with Gasteiger partial charge in [0.25, 0.3) is 0 Å². The predicted octanol–water partition coefficient (Wildman–Crippen LogP) is 3.46. The van der Waals surface area contributed by atoms with E-state index in [0.29, 0.717) is 5.56 Å². The smallest absolute Gasteiger partial charge is 0.340 e. The Bertz CT molecular complexity index is 494. The van der Waals surface area contributed by atoms with Crippen LogP contribution in [0.5, 0.6) is 0 Å². The maximum atomic E-state index is 12.6. The zero-order chi connectivity index (χ0) is 16.2. The van der Waals surface area contributed by atoms with Crippen LogP contribution in [0.1, 0.15) is 31.4 Å². The SMILES string of the molecule is CCC(C)C(N)C(=O)N(C)Cc1cccc(C(F)(F)F)c1.Cl. The zero-order valence-electron chi connectivity index (χ0n) is 12.9. The van der Waals surface area contributed by atoms with Crippen LogP contribution in [0.25, 0.3) is 0 Å². The number of hydrogen-bond acceptors (Lipinski definition) is 2. The van der Waals surface area contributed by atoms with Gasteiger partial charge in [0.15, 0.2) is 0 Å². The first kappa shape index (κ1) is 20.7. The molecule has 0 fully saturated rings. The first-order chi connectivity index (χ1) is 9.66. The average molecular weight is 339 g/mol. The molecule has 126 valence electrons. The highest BCUT2D eigenvalue weighted by atomic mass is 35.5. The molecule has 0 aromatic heterocycles. The van der Waals surface area contributed by atoms with E-state index in [4.69, 9.17) is 5.73 Å². The summed E-state index contributed by atoms with van der Waals surface area (Å²) in [6.07, 6.45) is -3.62. The molecule has 0 aliphatic rings. The molecule has 2 N–H and O–H groups in total. The number of nitrogens with two attached hydrogens (primary N) is 1. The van der Waals surface area contributed by atoms with Crippen molar-refractivity contribution in [3.8, 4) is 0 Å². The van der Waals surface area contributed by atoms with E-state index in [1.807, 2.05) is 13.8 Å². The van der Waals surface area contributed by atoms with E-state index in [9.17, 15) is 18.0 Å². The van der Waals surface area contributed by atoms with Crippen LogP contribution in [-0.4, -0.2) is 23.9 Å². The number of likely N-dealkylation sites (N-methyl/N-ethyl adjacent to an activating group) is 1. The van der Waals surface area contributed by atoms with Crippen molar-refractivity contribution in [2.75, 3.05) is 7.05 Å². The number of nitrogens with zero attached hydrogens (tertiary/aromatic N) is 1. The molecule has 0 aliphatic heterocycles. The van der Waals surface area contributed by atoms with E-state index in [1.54, 1.807) is 13.1 Å². The van der Waals surface area contributed by atoms with E-state index < -0.39 is 17.8 Å². The molecule has 0 spiro atoms. The Hall–Kier alpha value is -1.27. The van der Waals surface area contributed by atoms with Gasteiger partial charge in [0.05, 0.1) is 11.6 Å². The minimum atomic E-state index is -4.38. The summed E-state index contributed by atoms with van der Waals surface area (Å²) in [4.78, 5) is 13.5. The lowest BCUT2D eigenvalue weighted by molar-refractivity contribution is -0.137. The van der Waals surface area contributed by atoms with Crippen LogP contribution in [0, 0.1) is 5.92 Å². The molecule has 0 saturated carbocycles. The summed E-state index contributed by atoms with van der Waals surface area (Å²) in [6, 6.07) is 4.33. The van der Waals surface area contributed by atoms with Gasteiger partial charge in [0, 0.05) is 13.6 Å². The first-order valence-corrected chi connectivity index (χ1v) is 6.83. The zero-order valence-corrected chi connectivity index (χ0v) is 13.7. The van der Waals surface area contributed by atoms with Crippen LogP contribution in [0.15, 0.2) is 24.3 Å². The van der Waals surface area contributed by atoms with Crippen molar-refractivity contribution in [2.45, 2.75) is 39.0 Å². The maximum Gasteiger partial charge on any atom is 0.416 e. The van der Waals surface area contributed by atoms with Gasteiger partial charge < -0.3 is 10.6 Å². The van der Waals surface area contributed by atoms with Crippen LogP contribution in [0.3, 0.4) is 0 Å². The van der Waals surface area contributed by atoms with E-state index in [0.717, 1.165) is 18.6 Å². The molecular weight excluding hydrogens is 317 g/mol. The number of carbonyl (C=O) groups excluding carboxylic acids is 1. The molecule has 0 saturated heterocycles. The van der Waals surface area contributed by atoms with Crippen LogP contribution in [0.2, 0.25) is 0 Å².